The van der Waals surface area contributed by atoms with Crippen LogP contribution in [0.4, 0.5) is 0 Å². The Labute approximate surface area is 295 Å². The second-order valence-corrected chi connectivity index (χ2v) is 16.7. The second-order valence-electron chi connectivity index (χ2n) is 13.9. The van der Waals surface area contributed by atoms with Gasteiger partial charge in [0.05, 0.1) is 49.7 Å². The molecule has 4 rings (SSSR count). The highest BCUT2D eigenvalue weighted by atomic mass is 31.2. The Morgan fingerprint density at radius 2 is 1.14 bits per heavy atom. The lowest BCUT2D eigenvalue weighted by atomic mass is 10.1. The van der Waals surface area contributed by atoms with Crippen molar-refractivity contribution in [1.29, 1.82) is 0 Å². The Morgan fingerprint density at radius 1 is 0.660 bits per heavy atom. The summed E-state index contributed by atoms with van der Waals surface area (Å²) < 4.78 is 53.6. The van der Waals surface area contributed by atoms with E-state index in [2.05, 4.69) is 6.92 Å². The Hall–Kier alpha value is -1.45. The van der Waals surface area contributed by atoms with Crippen LogP contribution in [0.5, 0.6) is 0 Å². The zero-order chi connectivity index (χ0) is 36.6. The molecule has 3 N–H and O–H groups in total. The molecule has 4 unspecified atom stereocenters. The fourth-order valence-corrected chi connectivity index (χ4v) is 9.53. The Morgan fingerprint density at radius 3 is 1.64 bits per heavy atom. The third-order valence-corrected chi connectivity index (χ3v) is 12.4. The molecule has 288 valence electrons. The molecule has 1 saturated carbocycles. The van der Waals surface area contributed by atoms with Crippen LogP contribution in [0.15, 0.2) is 0 Å². The smallest absolute Gasteiger partial charge is 0.391 e. The molecule has 3 aliphatic heterocycles. The topological polar surface area (TPSA) is 202 Å². The normalized spacial score (nSPS) is 32.4. The van der Waals surface area contributed by atoms with Crippen LogP contribution in [-0.4, -0.2) is 129 Å². The molecule has 0 bridgehead atoms. The van der Waals surface area contributed by atoms with Gasteiger partial charge in [-0.3, -0.25) is 32.5 Å². The summed E-state index contributed by atoms with van der Waals surface area (Å²) in [5, 5.41) is 10.0. The van der Waals surface area contributed by atoms with Crippen LogP contribution in [0, 0.1) is 5.92 Å². The maximum absolute atomic E-state index is 13.1. The molecule has 0 radical (unpaired) electrons. The second kappa shape index (κ2) is 18.5. The number of ether oxygens (including phenoxy) is 1. The summed E-state index contributed by atoms with van der Waals surface area (Å²) in [6, 6.07) is -1.55. The van der Waals surface area contributed by atoms with Crippen LogP contribution in [0.1, 0.15) is 98.3 Å². The summed E-state index contributed by atoms with van der Waals surface area (Å²) >= 11 is 0. The minimum atomic E-state index is -4.65. The summed E-state index contributed by atoms with van der Waals surface area (Å²) in [6.07, 6.45) is 3.92. The zero-order valence-electron chi connectivity index (χ0n) is 29.8. The highest BCUT2D eigenvalue weighted by molar-refractivity contribution is 7.47. The number of amides is 3. The summed E-state index contributed by atoms with van der Waals surface area (Å²) in [5.74, 6) is 0.0914. The van der Waals surface area contributed by atoms with Crippen molar-refractivity contribution in [1.82, 2.24) is 14.7 Å². The maximum Gasteiger partial charge on any atom is 0.472 e. The first-order valence-electron chi connectivity index (χ1n) is 18.2. The Balaban J connectivity index is 1.28. The van der Waals surface area contributed by atoms with Gasteiger partial charge in [-0.15, -0.1) is 0 Å². The van der Waals surface area contributed by atoms with E-state index in [0.717, 1.165) is 25.7 Å². The average Bonchev–Trinajstić information content (AvgIpc) is 3.88. The van der Waals surface area contributed by atoms with Gasteiger partial charge in [-0.1, -0.05) is 34.1 Å². The van der Waals surface area contributed by atoms with Gasteiger partial charge < -0.3 is 34.3 Å². The monoisotopic (exact) mass is 753 g/mol. The van der Waals surface area contributed by atoms with Crippen LogP contribution in [0.25, 0.3) is 0 Å². The minimum Gasteiger partial charge on any atom is -0.391 e. The SMILES string of the molecule is CCC(=O)N1C[C@H](O)C[C@H]1COP(=O)(O)O[C@@H]1C[C@@H](COP(=O)(O)O[C@@H]2C[C@@H](CCOC3CCC(CC)C3)N(C(=O)CC)C2)N(C(=O)CC)C1. The number of carbonyl (C=O) groups is 3. The number of likely N-dealkylation sites (tertiary alicyclic amines) is 3. The van der Waals surface area contributed by atoms with Crippen LogP contribution >= 0.6 is 15.6 Å². The summed E-state index contributed by atoms with van der Waals surface area (Å²) in [5.41, 5.74) is 0. The molecule has 18 heteroatoms. The molecular weight excluding hydrogens is 696 g/mol. The molecular formula is C32H57N3O13P2. The Kier molecular flexibility index (Phi) is 15.3. The summed E-state index contributed by atoms with van der Waals surface area (Å²) in [6.45, 7) is 7.22. The molecule has 1 aliphatic carbocycles. The first-order valence-corrected chi connectivity index (χ1v) is 21.2. The van der Waals surface area contributed by atoms with E-state index < -0.39 is 52.6 Å². The molecule has 0 aromatic rings. The fourth-order valence-electron chi connectivity index (χ4n) is 7.63. The fraction of sp³-hybridized carbons (Fsp3) is 0.906. The number of nitrogens with zero attached hydrogens (tertiary/aromatic N) is 3. The number of carbonyl (C=O) groups excluding carboxylic acids is 3. The lowest BCUT2D eigenvalue weighted by Gasteiger charge is -2.25. The number of phosphoric ester groups is 2. The number of β-amino-alcohol motifs (C(OH)–C–C–N with tert-alkyl or cyclic N) is 1. The van der Waals surface area contributed by atoms with E-state index in [-0.39, 0.29) is 88.2 Å². The standard InChI is InChI=1S/C32H57N3O13P2/c1-5-22-9-10-27(13-22)44-12-11-23-15-28(18-34(23)31(38)7-3)47-50(42,43)46-21-25-16-29(19-35(25)32(39)8-4)48-49(40,41)45-20-24-14-26(36)17-33(24)30(37)6-2/h22-29,36H,5-21H2,1-4H3,(H,40,41)(H,42,43)/t22?,23-,24+,25+,26-,27?,28-,29-/m1/s1. The van der Waals surface area contributed by atoms with E-state index in [1.165, 1.54) is 9.80 Å². The Bertz CT molecular complexity index is 1260. The van der Waals surface area contributed by atoms with E-state index >= 15 is 0 Å². The van der Waals surface area contributed by atoms with Gasteiger partial charge in [-0.05, 0) is 50.9 Å². The van der Waals surface area contributed by atoms with Gasteiger partial charge in [-0.2, -0.15) is 0 Å². The van der Waals surface area contributed by atoms with E-state index in [4.69, 9.17) is 22.8 Å². The van der Waals surface area contributed by atoms with Crippen molar-refractivity contribution in [3.05, 3.63) is 0 Å². The molecule has 16 nitrogen and oxygen atoms in total. The zero-order valence-corrected chi connectivity index (χ0v) is 31.6. The van der Waals surface area contributed by atoms with Crippen molar-refractivity contribution in [2.45, 2.75) is 141 Å². The molecule has 3 amide bonds. The van der Waals surface area contributed by atoms with Crippen molar-refractivity contribution in [3.63, 3.8) is 0 Å². The van der Waals surface area contributed by atoms with Crippen LogP contribution in [0.3, 0.4) is 0 Å². The van der Waals surface area contributed by atoms with E-state index in [0.29, 0.717) is 25.4 Å². The summed E-state index contributed by atoms with van der Waals surface area (Å²) in [4.78, 5) is 63.3. The number of phosphoric acid groups is 2. The van der Waals surface area contributed by atoms with Crippen molar-refractivity contribution < 1.29 is 61.2 Å². The van der Waals surface area contributed by atoms with E-state index in [1.54, 1.807) is 25.7 Å². The predicted molar refractivity (Wildman–Crippen MR) is 181 cm³/mol. The van der Waals surface area contributed by atoms with Crippen molar-refractivity contribution >= 4 is 33.4 Å². The molecule has 0 aromatic heterocycles. The average molecular weight is 754 g/mol. The third kappa shape index (κ3) is 11.5. The van der Waals surface area contributed by atoms with Gasteiger partial charge >= 0.3 is 15.6 Å². The lowest BCUT2D eigenvalue weighted by molar-refractivity contribution is -0.133. The molecule has 3 saturated heterocycles. The van der Waals surface area contributed by atoms with Gasteiger partial charge in [-0.25, -0.2) is 9.13 Å². The molecule has 10 atom stereocenters. The number of hydrogen-bond acceptors (Lipinski definition) is 11. The van der Waals surface area contributed by atoms with Crippen molar-refractivity contribution in [2.75, 3.05) is 39.5 Å². The molecule has 4 fully saturated rings. The van der Waals surface area contributed by atoms with E-state index in [9.17, 15) is 38.4 Å². The first-order chi connectivity index (χ1) is 23.7. The first kappa shape index (κ1) is 41.3. The van der Waals surface area contributed by atoms with Gasteiger partial charge in [0.15, 0.2) is 0 Å². The highest BCUT2D eigenvalue weighted by Crippen LogP contribution is 2.49. The molecule has 3 heterocycles. The molecule has 4 aliphatic rings. The maximum atomic E-state index is 13.1. The van der Waals surface area contributed by atoms with Crippen LogP contribution in [-0.2, 0) is 46.3 Å². The minimum absolute atomic E-state index is 0.0204. The highest BCUT2D eigenvalue weighted by Gasteiger charge is 2.43. The molecule has 0 spiro atoms. The van der Waals surface area contributed by atoms with Gasteiger partial charge in [0.25, 0.3) is 0 Å². The molecule has 0 aromatic carbocycles. The van der Waals surface area contributed by atoms with Gasteiger partial charge in [0, 0.05) is 51.5 Å². The van der Waals surface area contributed by atoms with Crippen LogP contribution < -0.4 is 0 Å². The number of aliphatic hydroxyl groups is 1. The van der Waals surface area contributed by atoms with Gasteiger partial charge in [0.1, 0.15) is 0 Å². The van der Waals surface area contributed by atoms with Crippen molar-refractivity contribution in [2.24, 2.45) is 5.92 Å². The predicted octanol–water partition coefficient (Wildman–Crippen LogP) is 3.37. The van der Waals surface area contributed by atoms with E-state index in [1.807, 2.05) is 0 Å². The largest absolute Gasteiger partial charge is 0.472 e. The lowest BCUT2D eigenvalue weighted by Crippen LogP contribution is -2.38. The number of hydrogen-bond donors (Lipinski definition) is 3. The third-order valence-electron chi connectivity index (χ3n) is 10.3. The number of aliphatic hydroxyl groups excluding tert-OH is 1. The quantitative estimate of drug-likeness (QED) is 0.172. The summed E-state index contributed by atoms with van der Waals surface area (Å²) in [7, 11) is -9.29. The van der Waals surface area contributed by atoms with Gasteiger partial charge in [0.2, 0.25) is 17.7 Å². The molecule has 50 heavy (non-hydrogen) atoms. The van der Waals surface area contributed by atoms with Crippen LogP contribution in [0.2, 0.25) is 0 Å². The number of rotatable bonds is 18. The van der Waals surface area contributed by atoms with Crippen molar-refractivity contribution in [3.8, 4) is 0 Å².